The summed E-state index contributed by atoms with van der Waals surface area (Å²) in [6, 6.07) is 8.95. The number of carbonyl (C=O) groups is 2. The number of hydrogen-bond acceptors (Lipinski definition) is 7. The van der Waals surface area contributed by atoms with E-state index in [2.05, 4.69) is 20.8 Å². The zero-order valence-corrected chi connectivity index (χ0v) is 14.6. The van der Waals surface area contributed by atoms with Crippen molar-refractivity contribution in [3.63, 3.8) is 0 Å². The molecule has 2 N–H and O–H groups in total. The molecule has 0 saturated carbocycles. The van der Waals surface area contributed by atoms with Gasteiger partial charge in [0.25, 0.3) is 11.6 Å². The molecule has 1 heterocycles. The van der Waals surface area contributed by atoms with Crippen LogP contribution >= 0.6 is 0 Å². The van der Waals surface area contributed by atoms with E-state index in [4.69, 9.17) is 4.74 Å². The number of nitro groups is 1. The van der Waals surface area contributed by atoms with Gasteiger partial charge in [0.1, 0.15) is 17.1 Å². The molecule has 0 atom stereocenters. The molecule has 2 amide bonds. The summed E-state index contributed by atoms with van der Waals surface area (Å²) in [5.41, 5.74) is 2.54. The monoisotopic (exact) mass is 371 g/mol. The molecular formula is C17H17N5O5. The van der Waals surface area contributed by atoms with Gasteiger partial charge in [0.05, 0.1) is 24.5 Å². The van der Waals surface area contributed by atoms with Gasteiger partial charge in [-0.3, -0.25) is 24.7 Å². The lowest BCUT2D eigenvalue weighted by molar-refractivity contribution is -0.384. The van der Waals surface area contributed by atoms with Crippen LogP contribution in [0.3, 0.4) is 0 Å². The number of nitro benzene ring substituents is 1. The minimum atomic E-state index is -0.619. The molecule has 1 aromatic carbocycles. The van der Waals surface area contributed by atoms with Crippen LogP contribution < -0.4 is 15.5 Å². The highest BCUT2D eigenvalue weighted by molar-refractivity contribution is 6.06. The van der Waals surface area contributed by atoms with E-state index in [9.17, 15) is 19.7 Å². The van der Waals surface area contributed by atoms with Crippen LogP contribution in [0.4, 0.5) is 11.4 Å². The molecule has 0 unspecified atom stereocenters. The van der Waals surface area contributed by atoms with Gasteiger partial charge >= 0.3 is 0 Å². The van der Waals surface area contributed by atoms with E-state index in [1.807, 2.05) is 0 Å². The first kappa shape index (κ1) is 19.5. The molecule has 0 radical (unpaired) electrons. The predicted octanol–water partition coefficient (Wildman–Crippen LogP) is 2.13. The molecule has 10 nitrogen and oxygen atoms in total. The van der Waals surface area contributed by atoms with Crippen LogP contribution in [0.1, 0.15) is 23.8 Å². The van der Waals surface area contributed by atoms with Gasteiger partial charge in [0.2, 0.25) is 5.91 Å². The van der Waals surface area contributed by atoms with Gasteiger partial charge in [-0.25, -0.2) is 5.43 Å². The van der Waals surface area contributed by atoms with Crippen LogP contribution in [-0.4, -0.2) is 34.5 Å². The Morgan fingerprint density at radius 3 is 2.70 bits per heavy atom. The fourth-order valence-corrected chi connectivity index (χ4v) is 2.06. The maximum absolute atomic E-state index is 12.1. The van der Waals surface area contributed by atoms with Gasteiger partial charge < -0.3 is 10.1 Å². The summed E-state index contributed by atoms with van der Waals surface area (Å²) in [7, 11) is 1.39. The van der Waals surface area contributed by atoms with Crippen molar-refractivity contribution in [1.82, 2.24) is 10.4 Å². The molecule has 2 aromatic rings. The summed E-state index contributed by atoms with van der Waals surface area (Å²) >= 11 is 0. The van der Waals surface area contributed by atoms with E-state index in [0.29, 0.717) is 11.5 Å². The fraction of sp³-hybridized carbons (Fsp3) is 0.176. The maximum atomic E-state index is 12.1. The first-order chi connectivity index (χ1) is 12.9. The van der Waals surface area contributed by atoms with Crippen LogP contribution in [0.5, 0.6) is 5.75 Å². The minimum absolute atomic E-state index is 0.0381. The summed E-state index contributed by atoms with van der Waals surface area (Å²) < 4.78 is 4.94. The number of nitrogens with zero attached hydrogens (tertiary/aromatic N) is 3. The second-order valence-corrected chi connectivity index (χ2v) is 5.37. The zero-order valence-electron chi connectivity index (χ0n) is 14.6. The van der Waals surface area contributed by atoms with E-state index in [0.717, 1.165) is 0 Å². The van der Waals surface area contributed by atoms with Crippen molar-refractivity contribution < 1.29 is 19.2 Å². The van der Waals surface area contributed by atoms with Gasteiger partial charge in [0.15, 0.2) is 0 Å². The number of hydrazone groups is 1. The Morgan fingerprint density at radius 2 is 2.07 bits per heavy atom. The van der Waals surface area contributed by atoms with Crippen molar-refractivity contribution in [3.05, 3.63) is 58.4 Å². The van der Waals surface area contributed by atoms with Crippen LogP contribution in [-0.2, 0) is 4.79 Å². The van der Waals surface area contributed by atoms with Crippen molar-refractivity contribution in [2.45, 2.75) is 13.3 Å². The van der Waals surface area contributed by atoms with Crippen LogP contribution in [0, 0.1) is 10.1 Å². The van der Waals surface area contributed by atoms with E-state index >= 15 is 0 Å². The number of aromatic nitrogens is 1. The number of carbonyl (C=O) groups excluding carboxylic acids is 2. The van der Waals surface area contributed by atoms with Gasteiger partial charge in [-0.2, -0.15) is 5.10 Å². The molecule has 0 aliphatic carbocycles. The van der Waals surface area contributed by atoms with Crippen molar-refractivity contribution in [3.8, 4) is 5.75 Å². The van der Waals surface area contributed by atoms with Crippen molar-refractivity contribution in [1.29, 1.82) is 0 Å². The summed E-state index contributed by atoms with van der Waals surface area (Å²) in [4.78, 5) is 38.3. The van der Waals surface area contributed by atoms with Gasteiger partial charge in [-0.15, -0.1) is 0 Å². The molecule has 2 rings (SSSR count). The quantitative estimate of drug-likeness (QED) is 0.435. The first-order valence-electron chi connectivity index (χ1n) is 7.77. The number of nitrogens with one attached hydrogen (secondary N) is 2. The number of amides is 2. The number of anilines is 1. The second kappa shape index (κ2) is 9.04. The largest absolute Gasteiger partial charge is 0.496 e. The van der Waals surface area contributed by atoms with E-state index in [1.54, 1.807) is 19.1 Å². The number of hydrogen-bond donors (Lipinski definition) is 2. The van der Waals surface area contributed by atoms with Gasteiger partial charge in [-0.05, 0) is 31.2 Å². The van der Waals surface area contributed by atoms with Crippen LogP contribution in [0.15, 0.2) is 47.7 Å². The summed E-state index contributed by atoms with van der Waals surface area (Å²) in [6.07, 6.45) is 1.31. The number of methoxy groups -OCH3 is 1. The first-order valence-corrected chi connectivity index (χ1v) is 7.77. The Labute approximate surface area is 154 Å². The third-order valence-electron chi connectivity index (χ3n) is 3.34. The molecule has 0 spiro atoms. The fourth-order valence-electron chi connectivity index (χ4n) is 2.06. The SMILES string of the molecule is COc1ccc(NC(=O)CC(C)=NNC(=O)c2ccccn2)c([N+](=O)[O-])c1. The second-order valence-electron chi connectivity index (χ2n) is 5.37. The lowest BCUT2D eigenvalue weighted by Crippen LogP contribution is -2.22. The lowest BCUT2D eigenvalue weighted by Gasteiger charge is -2.07. The maximum Gasteiger partial charge on any atom is 0.296 e. The minimum Gasteiger partial charge on any atom is -0.496 e. The smallest absolute Gasteiger partial charge is 0.296 e. The molecule has 0 fully saturated rings. The zero-order chi connectivity index (χ0) is 19.8. The highest BCUT2D eigenvalue weighted by atomic mass is 16.6. The van der Waals surface area contributed by atoms with E-state index in [1.165, 1.54) is 37.6 Å². The van der Waals surface area contributed by atoms with Crippen LogP contribution in [0.25, 0.3) is 0 Å². The number of ether oxygens (including phenoxy) is 1. The predicted molar refractivity (Wildman–Crippen MR) is 97.7 cm³/mol. The Balaban J connectivity index is 1.99. The number of pyridine rings is 1. The number of rotatable bonds is 7. The third-order valence-corrected chi connectivity index (χ3v) is 3.34. The van der Waals surface area contributed by atoms with Crippen molar-refractivity contribution in [2.75, 3.05) is 12.4 Å². The molecule has 1 aromatic heterocycles. The Bertz CT molecular complexity index is 883. The Hall–Kier alpha value is -3.82. The van der Waals surface area contributed by atoms with Crippen molar-refractivity contribution in [2.24, 2.45) is 5.10 Å². The molecule has 0 bridgehead atoms. The molecule has 0 saturated heterocycles. The molecule has 140 valence electrons. The van der Waals surface area contributed by atoms with E-state index < -0.39 is 16.7 Å². The molecular weight excluding hydrogens is 354 g/mol. The normalized spacial score (nSPS) is 10.8. The molecule has 10 heteroatoms. The summed E-state index contributed by atoms with van der Waals surface area (Å²) in [6.45, 7) is 1.54. The Morgan fingerprint density at radius 1 is 1.30 bits per heavy atom. The standard InChI is InChI=1S/C17H17N5O5/c1-11(20-21-17(24)14-5-3-4-8-18-14)9-16(23)19-13-7-6-12(27-2)10-15(13)22(25)26/h3-8,10H,9H2,1-2H3,(H,19,23)(H,21,24). The molecule has 0 aliphatic heterocycles. The third kappa shape index (κ3) is 5.59. The average Bonchev–Trinajstić information content (AvgIpc) is 2.66. The van der Waals surface area contributed by atoms with Gasteiger partial charge in [-0.1, -0.05) is 6.07 Å². The van der Waals surface area contributed by atoms with E-state index in [-0.39, 0.29) is 23.5 Å². The summed E-state index contributed by atoms with van der Waals surface area (Å²) in [5, 5.41) is 17.4. The van der Waals surface area contributed by atoms with Gasteiger partial charge in [0, 0.05) is 11.9 Å². The average molecular weight is 371 g/mol. The highest BCUT2D eigenvalue weighted by Gasteiger charge is 2.17. The molecule has 27 heavy (non-hydrogen) atoms. The molecule has 0 aliphatic rings. The topological polar surface area (TPSA) is 136 Å². The Kier molecular flexibility index (Phi) is 6.53. The number of benzene rings is 1. The highest BCUT2D eigenvalue weighted by Crippen LogP contribution is 2.28. The van der Waals surface area contributed by atoms with Crippen LogP contribution in [0.2, 0.25) is 0 Å². The van der Waals surface area contributed by atoms with Crippen molar-refractivity contribution >= 4 is 28.9 Å². The lowest BCUT2D eigenvalue weighted by atomic mass is 10.2. The summed E-state index contributed by atoms with van der Waals surface area (Å²) in [5.74, 6) is -0.729.